The lowest BCUT2D eigenvalue weighted by Crippen LogP contribution is -2.26. The van der Waals surface area contributed by atoms with Gasteiger partial charge in [0.25, 0.3) is 5.91 Å². The van der Waals surface area contributed by atoms with E-state index in [1.54, 1.807) is 12.1 Å². The summed E-state index contributed by atoms with van der Waals surface area (Å²) in [6.07, 6.45) is 0. The molecule has 5 nitrogen and oxygen atoms in total. The number of nitrogens with one attached hydrogen (secondary N) is 2. The van der Waals surface area contributed by atoms with Crippen LogP contribution in [0.5, 0.6) is 0 Å². The van der Waals surface area contributed by atoms with Gasteiger partial charge in [0.1, 0.15) is 5.82 Å². The van der Waals surface area contributed by atoms with Crippen molar-refractivity contribution in [3.8, 4) is 0 Å². The summed E-state index contributed by atoms with van der Waals surface area (Å²) in [5, 5.41) is 14.7. The highest BCUT2D eigenvalue weighted by Gasteiger charge is 2.10. The van der Waals surface area contributed by atoms with Crippen molar-refractivity contribution in [2.24, 2.45) is 0 Å². The lowest BCUT2D eigenvalue weighted by Gasteiger charge is -2.14. The van der Waals surface area contributed by atoms with Gasteiger partial charge in [-0.05, 0) is 61.7 Å². The number of carbonyl (C=O) groups excluding carboxylic acids is 1. The van der Waals surface area contributed by atoms with E-state index in [0.717, 1.165) is 16.7 Å². The maximum atomic E-state index is 12.3. The van der Waals surface area contributed by atoms with Crippen LogP contribution in [0, 0.1) is 20.8 Å². The number of carboxylic acid groups (broad SMARTS) is 1. The normalized spacial score (nSPS) is 10.1. The number of hydrogen-bond donors (Lipinski definition) is 3. The largest absolute Gasteiger partial charge is 0.478 e. The molecule has 0 saturated carbocycles. The van der Waals surface area contributed by atoms with E-state index < -0.39 is 5.97 Å². The zero-order valence-corrected chi connectivity index (χ0v) is 13.9. The second-order valence-corrected chi connectivity index (χ2v) is 5.69. The van der Waals surface area contributed by atoms with Crippen LogP contribution in [0.4, 0.5) is 5.69 Å². The molecule has 0 fully saturated rings. The highest BCUT2D eigenvalue weighted by molar-refractivity contribution is 5.96. The standard InChI is InChI=1S/C19H20N2O3/c1-11-5-7-15(9-13(11)3)18(22)21-14(4)20-17-10-16(19(23)24)8-6-12(17)2/h5-10,20H,4H2,1-3H3,(H,21,22)(H,23,24). The van der Waals surface area contributed by atoms with Crippen molar-refractivity contribution in [3.63, 3.8) is 0 Å². The molecule has 0 aromatic heterocycles. The fourth-order valence-electron chi connectivity index (χ4n) is 2.18. The van der Waals surface area contributed by atoms with Gasteiger partial charge in [0.2, 0.25) is 0 Å². The first-order chi connectivity index (χ1) is 11.3. The Morgan fingerprint density at radius 1 is 0.917 bits per heavy atom. The number of rotatable bonds is 5. The summed E-state index contributed by atoms with van der Waals surface area (Å²) in [5.74, 6) is -1.01. The molecule has 0 spiro atoms. The molecule has 5 heteroatoms. The van der Waals surface area contributed by atoms with Gasteiger partial charge in [0.05, 0.1) is 5.56 Å². The van der Waals surface area contributed by atoms with E-state index in [4.69, 9.17) is 5.11 Å². The summed E-state index contributed by atoms with van der Waals surface area (Å²) >= 11 is 0. The molecule has 3 N–H and O–H groups in total. The lowest BCUT2D eigenvalue weighted by atomic mass is 10.1. The third kappa shape index (κ3) is 4.01. The number of benzene rings is 2. The summed E-state index contributed by atoms with van der Waals surface area (Å²) in [6, 6.07) is 10.2. The van der Waals surface area contributed by atoms with E-state index in [1.165, 1.54) is 12.1 Å². The highest BCUT2D eigenvalue weighted by Crippen LogP contribution is 2.18. The zero-order chi connectivity index (χ0) is 17.9. The van der Waals surface area contributed by atoms with Gasteiger partial charge < -0.3 is 15.7 Å². The first-order valence-electron chi connectivity index (χ1n) is 7.46. The maximum Gasteiger partial charge on any atom is 0.335 e. The molecular weight excluding hydrogens is 304 g/mol. The first-order valence-corrected chi connectivity index (χ1v) is 7.46. The van der Waals surface area contributed by atoms with Gasteiger partial charge in [0.15, 0.2) is 0 Å². The number of hydrogen-bond acceptors (Lipinski definition) is 3. The average Bonchev–Trinajstić information content (AvgIpc) is 2.51. The Morgan fingerprint density at radius 3 is 2.17 bits per heavy atom. The minimum Gasteiger partial charge on any atom is -0.478 e. The van der Waals surface area contributed by atoms with Crippen molar-refractivity contribution < 1.29 is 14.7 Å². The summed E-state index contributed by atoms with van der Waals surface area (Å²) < 4.78 is 0. The van der Waals surface area contributed by atoms with Crippen LogP contribution in [-0.4, -0.2) is 17.0 Å². The molecule has 2 rings (SSSR count). The minimum absolute atomic E-state index is 0.163. The van der Waals surface area contributed by atoms with Crippen molar-refractivity contribution in [1.29, 1.82) is 0 Å². The van der Waals surface area contributed by atoms with Gasteiger partial charge in [-0.2, -0.15) is 0 Å². The maximum absolute atomic E-state index is 12.3. The molecule has 0 atom stereocenters. The number of carbonyl (C=O) groups is 2. The summed E-state index contributed by atoms with van der Waals surface area (Å²) in [5.41, 5.74) is 4.28. The molecule has 2 aromatic rings. The molecule has 0 saturated heterocycles. The third-order valence-corrected chi connectivity index (χ3v) is 3.80. The molecule has 0 aliphatic carbocycles. The van der Waals surface area contributed by atoms with Crippen LogP contribution in [0.3, 0.4) is 0 Å². The van der Waals surface area contributed by atoms with Gasteiger partial charge >= 0.3 is 5.97 Å². The number of aryl methyl sites for hydroxylation is 3. The van der Waals surface area contributed by atoms with Crippen LogP contribution in [0.25, 0.3) is 0 Å². The van der Waals surface area contributed by atoms with Gasteiger partial charge in [-0.25, -0.2) is 4.79 Å². The van der Waals surface area contributed by atoms with Gasteiger partial charge in [-0.15, -0.1) is 0 Å². The van der Waals surface area contributed by atoms with Gasteiger partial charge in [-0.1, -0.05) is 18.7 Å². The van der Waals surface area contributed by atoms with Crippen LogP contribution < -0.4 is 10.6 Å². The average molecular weight is 324 g/mol. The Labute approximate surface area is 141 Å². The van der Waals surface area contributed by atoms with Crippen molar-refractivity contribution in [3.05, 3.63) is 76.6 Å². The Balaban J connectivity index is 2.10. The van der Waals surface area contributed by atoms with Crippen molar-refractivity contribution >= 4 is 17.6 Å². The topological polar surface area (TPSA) is 78.4 Å². The first kappa shape index (κ1) is 17.3. The quantitative estimate of drug-likeness (QED) is 0.785. The van der Waals surface area contributed by atoms with E-state index in [-0.39, 0.29) is 17.3 Å². The minimum atomic E-state index is -1.01. The smallest absolute Gasteiger partial charge is 0.335 e. The van der Waals surface area contributed by atoms with E-state index in [2.05, 4.69) is 17.2 Å². The fraction of sp³-hybridized carbons (Fsp3) is 0.158. The van der Waals surface area contributed by atoms with E-state index in [1.807, 2.05) is 32.9 Å². The molecule has 1 amide bonds. The summed E-state index contributed by atoms with van der Waals surface area (Å²) in [6.45, 7) is 9.55. The molecule has 24 heavy (non-hydrogen) atoms. The monoisotopic (exact) mass is 324 g/mol. The summed E-state index contributed by atoms with van der Waals surface area (Å²) in [7, 11) is 0. The van der Waals surface area contributed by atoms with E-state index >= 15 is 0 Å². The predicted molar refractivity (Wildman–Crippen MR) is 94.3 cm³/mol. The van der Waals surface area contributed by atoms with E-state index in [0.29, 0.717) is 11.3 Å². The Bertz CT molecular complexity index is 825. The molecule has 124 valence electrons. The van der Waals surface area contributed by atoms with Crippen LogP contribution in [0.1, 0.15) is 37.4 Å². The SMILES string of the molecule is C=C(NC(=O)c1ccc(C)c(C)c1)Nc1cc(C(=O)O)ccc1C. The van der Waals surface area contributed by atoms with Gasteiger partial charge in [0, 0.05) is 11.3 Å². The molecule has 0 unspecified atom stereocenters. The third-order valence-electron chi connectivity index (χ3n) is 3.80. The fourth-order valence-corrected chi connectivity index (χ4v) is 2.18. The molecular formula is C19H20N2O3. The van der Waals surface area contributed by atoms with Crippen LogP contribution in [-0.2, 0) is 0 Å². The van der Waals surface area contributed by atoms with Crippen molar-refractivity contribution in [2.75, 3.05) is 5.32 Å². The van der Waals surface area contributed by atoms with Gasteiger partial charge in [-0.3, -0.25) is 4.79 Å². The van der Waals surface area contributed by atoms with Crippen LogP contribution in [0.15, 0.2) is 48.8 Å². The van der Waals surface area contributed by atoms with Crippen LogP contribution >= 0.6 is 0 Å². The highest BCUT2D eigenvalue weighted by atomic mass is 16.4. The molecule has 0 aliphatic heterocycles. The predicted octanol–water partition coefficient (Wildman–Crippen LogP) is 3.62. The van der Waals surface area contributed by atoms with E-state index in [9.17, 15) is 9.59 Å². The molecule has 0 radical (unpaired) electrons. The Hall–Kier alpha value is -3.08. The molecule has 0 heterocycles. The Kier molecular flexibility index (Phi) is 5.04. The second-order valence-electron chi connectivity index (χ2n) is 5.69. The van der Waals surface area contributed by atoms with Crippen LogP contribution in [0.2, 0.25) is 0 Å². The second kappa shape index (κ2) is 7.00. The Morgan fingerprint density at radius 2 is 1.54 bits per heavy atom. The lowest BCUT2D eigenvalue weighted by molar-refractivity contribution is 0.0696. The number of anilines is 1. The number of aromatic carboxylic acids is 1. The molecule has 2 aromatic carbocycles. The number of amides is 1. The number of carboxylic acids is 1. The molecule has 0 bridgehead atoms. The zero-order valence-electron chi connectivity index (χ0n) is 13.9. The molecule has 0 aliphatic rings. The summed E-state index contributed by atoms with van der Waals surface area (Å²) in [4.78, 5) is 23.3. The van der Waals surface area contributed by atoms with Crippen molar-refractivity contribution in [1.82, 2.24) is 5.32 Å². The van der Waals surface area contributed by atoms with Crippen molar-refractivity contribution in [2.45, 2.75) is 20.8 Å².